The average molecular weight is 1690 g/mol. The summed E-state index contributed by atoms with van der Waals surface area (Å²) in [6.07, 6.45) is 49.0. The van der Waals surface area contributed by atoms with Gasteiger partial charge in [-0.1, -0.05) is 492 Å². The third kappa shape index (κ3) is 43.5. The molecule has 684 valence electrons. The first-order valence-corrected chi connectivity index (χ1v) is 50.3. The molecule has 2 N–H and O–H groups in total. The van der Waals surface area contributed by atoms with E-state index in [1.807, 2.05) is 109 Å². The second-order valence-corrected chi connectivity index (χ2v) is 36.0. The molecule has 13 heteroatoms. The fraction of sp³-hybridized carbons (Fsp3) is 0.655. The lowest BCUT2D eigenvalue weighted by atomic mass is 9.92. The van der Waals surface area contributed by atoms with Gasteiger partial charge in [-0.05, 0) is 59.1 Å². The van der Waals surface area contributed by atoms with E-state index in [-0.39, 0.29) is 76.4 Å². The second-order valence-electron chi connectivity index (χ2n) is 36.0. The van der Waals surface area contributed by atoms with Crippen molar-refractivity contribution in [3.63, 3.8) is 0 Å². The van der Waals surface area contributed by atoms with Crippen LogP contribution in [-0.4, -0.2) is 86.3 Å². The van der Waals surface area contributed by atoms with Crippen molar-refractivity contribution in [3.05, 3.63) is 215 Å². The van der Waals surface area contributed by atoms with Crippen LogP contribution in [0.4, 0.5) is 0 Å². The first-order valence-electron chi connectivity index (χ1n) is 50.3. The predicted molar refractivity (Wildman–Crippen MR) is 506 cm³/mol. The van der Waals surface area contributed by atoms with Crippen LogP contribution in [0.1, 0.15) is 369 Å². The van der Waals surface area contributed by atoms with Gasteiger partial charge < -0.3 is 53.3 Å². The van der Waals surface area contributed by atoms with E-state index in [4.69, 9.17) is 42.6 Å². The quantitative estimate of drug-likeness (QED) is 0.0353. The average Bonchev–Trinajstić information content (AvgIpc) is 0.777. The topological polar surface area (TPSA) is 141 Å². The van der Waals surface area contributed by atoms with E-state index in [2.05, 4.69) is 111 Å². The third-order valence-electron chi connectivity index (χ3n) is 25.5. The molecule has 2 aliphatic rings. The minimum atomic E-state index is -1.24. The van der Waals surface area contributed by atoms with E-state index in [0.29, 0.717) is 0 Å². The number of carbonyl (C=O) groups excluding carboxylic acids is 2. The van der Waals surface area contributed by atoms with E-state index >= 15 is 9.59 Å². The molecule has 2 heterocycles. The van der Waals surface area contributed by atoms with Crippen molar-refractivity contribution < 1.29 is 52.2 Å². The number of carbonyl (C=O) groups is 2. The number of amides is 2. The molecule has 0 aliphatic carbocycles. The standard InChI is InChI=1S/C110H168N2O11/c1-5-9-13-17-21-25-29-33-37-41-63-79-97(80-64-42-38-34-30-26-22-18-14-10-6-2)107(113)111-83-99-101(115-85-91-67-51-45-52-68-91)103(117-87-93-71-55-47-56-72-93)105(119-89-95-75-59-49-60-76-95)109(121-99)123-110-106(120-90-96-77-61-50-62-78-96)104(118-88-94-73-57-48-58-74-94)102(116-86-92-69-53-46-54-70-92)100(122-110)84-112-108(114)98(81-65-43-39-35-31-27-23-19-15-11-7-3)82-66-44-40-36-32-28-24-20-16-12-8-4/h45-62,67-78,97-106,109-110H,5-44,63-66,79-90H2,1-4H3,(H,111,113)(H,112,114)/t99?,100?,101-,102-,103-,104-,105?,106?,109-,110-/m0/s1. The van der Waals surface area contributed by atoms with Gasteiger partial charge in [0.05, 0.1) is 39.6 Å². The lowest BCUT2D eigenvalue weighted by Crippen LogP contribution is -2.67. The number of hydrogen-bond acceptors (Lipinski definition) is 11. The Kier molecular flexibility index (Phi) is 55.9. The zero-order chi connectivity index (χ0) is 86.1. The Morgan fingerprint density at radius 3 is 0.626 bits per heavy atom. The van der Waals surface area contributed by atoms with Gasteiger partial charge in [0, 0.05) is 24.9 Å². The Bertz CT molecular complexity index is 3170. The predicted octanol–water partition coefficient (Wildman–Crippen LogP) is 28.2. The molecule has 4 unspecified atom stereocenters. The molecule has 2 fully saturated rings. The summed E-state index contributed by atoms with van der Waals surface area (Å²) in [7, 11) is 0. The van der Waals surface area contributed by atoms with Gasteiger partial charge in [0.25, 0.3) is 0 Å². The molecule has 0 saturated carbocycles. The number of hydrogen-bond donors (Lipinski definition) is 2. The highest BCUT2D eigenvalue weighted by molar-refractivity contribution is 5.79. The maximum absolute atomic E-state index is 15.5. The largest absolute Gasteiger partial charge is 0.368 e. The molecule has 13 nitrogen and oxygen atoms in total. The summed E-state index contributed by atoms with van der Waals surface area (Å²) in [5.41, 5.74) is 5.79. The summed E-state index contributed by atoms with van der Waals surface area (Å²) >= 11 is 0. The minimum absolute atomic E-state index is 0.0379. The number of nitrogens with one attached hydrogen (secondary N) is 2. The maximum atomic E-state index is 15.5. The molecular weight excluding hydrogens is 1530 g/mol. The van der Waals surface area contributed by atoms with E-state index in [1.165, 1.54) is 231 Å². The highest BCUT2D eigenvalue weighted by Gasteiger charge is 2.55. The van der Waals surface area contributed by atoms with Gasteiger partial charge in [-0.3, -0.25) is 9.59 Å². The first kappa shape index (κ1) is 102. The highest BCUT2D eigenvalue weighted by atomic mass is 16.8. The second kappa shape index (κ2) is 67.2. The summed E-state index contributed by atoms with van der Waals surface area (Å²) in [6, 6.07) is 61.3. The lowest BCUT2D eigenvalue weighted by molar-refractivity contribution is -0.390. The molecule has 123 heavy (non-hydrogen) atoms. The van der Waals surface area contributed by atoms with Crippen molar-refractivity contribution >= 4 is 11.8 Å². The van der Waals surface area contributed by atoms with Crippen molar-refractivity contribution in [3.8, 4) is 0 Å². The van der Waals surface area contributed by atoms with Crippen molar-refractivity contribution in [2.24, 2.45) is 11.8 Å². The zero-order valence-electron chi connectivity index (χ0n) is 77.3. The number of unbranched alkanes of at least 4 members (excludes halogenated alkanes) is 40. The Morgan fingerprint density at radius 1 is 0.244 bits per heavy atom. The van der Waals surface area contributed by atoms with Crippen molar-refractivity contribution in [1.29, 1.82) is 0 Å². The summed E-state index contributed by atoms with van der Waals surface area (Å²) in [5, 5.41) is 7.10. The van der Waals surface area contributed by atoms with Crippen LogP contribution in [0.15, 0.2) is 182 Å². The lowest BCUT2D eigenvalue weighted by Gasteiger charge is -2.50. The Labute approximate surface area is 747 Å². The molecule has 2 aliphatic heterocycles. The molecule has 2 amide bonds. The van der Waals surface area contributed by atoms with E-state index in [1.54, 1.807) is 0 Å². The number of ether oxygens (including phenoxy) is 9. The summed E-state index contributed by atoms with van der Waals surface area (Å²) in [4.78, 5) is 31.0. The Morgan fingerprint density at radius 2 is 0.423 bits per heavy atom. The van der Waals surface area contributed by atoms with E-state index in [9.17, 15) is 0 Å². The van der Waals surface area contributed by atoms with Crippen molar-refractivity contribution in [2.45, 2.75) is 437 Å². The molecule has 0 spiro atoms. The molecule has 2 saturated heterocycles. The minimum Gasteiger partial charge on any atom is -0.368 e. The monoisotopic (exact) mass is 1690 g/mol. The summed E-state index contributed by atoms with van der Waals surface area (Å²) < 4.78 is 67.3. The van der Waals surface area contributed by atoms with Crippen LogP contribution in [-0.2, 0) is 91.9 Å². The van der Waals surface area contributed by atoms with Crippen molar-refractivity contribution in [2.75, 3.05) is 13.1 Å². The third-order valence-corrected chi connectivity index (χ3v) is 25.5. The molecule has 10 atom stereocenters. The number of benzene rings is 6. The van der Waals surface area contributed by atoms with Gasteiger partial charge in [0.15, 0.2) is 12.6 Å². The molecule has 0 bridgehead atoms. The van der Waals surface area contributed by atoms with Crippen LogP contribution in [0, 0.1) is 11.8 Å². The van der Waals surface area contributed by atoms with Gasteiger partial charge in [-0.2, -0.15) is 0 Å². The van der Waals surface area contributed by atoms with E-state index < -0.39 is 61.4 Å². The van der Waals surface area contributed by atoms with Gasteiger partial charge in [0.1, 0.15) is 48.8 Å². The van der Waals surface area contributed by atoms with Gasteiger partial charge in [-0.15, -0.1) is 0 Å². The van der Waals surface area contributed by atoms with Crippen LogP contribution < -0.4 is 10.6 Å². The number of rotatable bonds is 74. The maximum Gasteiger partial charge on any atom is 0.223 e. The molecule has 0 aromatic heterocycles. The molecular formula is C110H168N2O11. The van der Waals surface area contributed by atoms with Crippen LogP contribution >= 0.6 is 0 Å². The fourth-order valence-electron chi connectivity index (χ4n) is 17.9. The van der Waals surface area contributed by atoms with Crippen molar-refractivity contribution in [1.82, 2.24) is 10.6 Å². The SMILES string of the molecule is CCCCCCCCCCCCCC(CCCCCCCCCCCCC)C(=O)NCC1O[C@@H](O[C@@H]2OC(CNC(=O)C(CCCCCCCCCCCCC)CCCCCCCCCCCCC)[C@H](OCc3ccccc3)[C@H](OCc3ccccc3)C2OCc2ccccc2)C(OCc2ccccc2)[C@@H](OCc2ccccc2)[C@H]1OCc1ccccc1. The smallest absolute Gasteiger partial charge is 0.223 e. The normalized spacial score (nSPS) is 19.1. The Hall–Kier alpha value is -6.10. The van der Waals surface area contributed by atoms with Gasteiger partial charge >= 0.3 is 0 Å². The highest BCUT2D eigenvalue weighted by Crippen LogP contribution is 2.38. The van der Waals surface area contributed by atoms with Crippen LogP contribution in [0.2, 0.25) is 0 Å². The molecule has 0 radical (unpaired) electrons. The fourth-order valence-corrected chi connectivity index (χ4v) is 17.9. The van der Waals surface area contributed by atoms with Crippen LogP contribution in [0.5, 0.6) is 0 Å². The van der Waals surface area contributed by atoms with Crippen LogP contribution in [0.25, 0.3) is 0 Å². The first-order chi connectivity index (χ1) is 60.8. The van der Waals surface area contributed by atoms with Gasteiger partial charge in [-0.25, -0.2) is 0 Å². The Balaban J connectivity index is 1.15. The van der Waals surface area contributed by atoms with Gasteiger partial charge in [0.2, 0.25) is 11.8 Å². The molecule has 6 aromatic rings. The molecule has 6 aromatic carbocycles. The summed E-state index contributed by atoms with van der Waals surface area (Å²) in [5.74, 6) is -0.261. The zero-order valence-corrected chi connectivity index (χ0v) is 77.3. The summed E-state index contributed by atoms with van der Waals surface area (Å²) in [6.45, 7) is 10.6. The molecule has 8 rings (SSSR count). The van der Waals surface area contributed by atoms with E-state index in [0.717, 1.165) is 110 Å². The van der Waals surface area contributed by atoms with Crippen LogP contribution in [0.3, 0.4) is 0 Å².